The van der Waals surface area contributed by atoms with Crippen molar-refractivity contribution in [1.82, 2.24) is 10.2 Å². The zero-order chi connectivity index (χ0) is 14.8. The average molecular weight is 326 g/mol. The van der Waals surface area contributed by atoms with E-state index in [1.165, 1.54) is 11.3 Å². The molecule has 1 unspecified atom stereocenters. The minimum atomic E-state index is -0.927. The fourth-order valence-electron chi connectivity index (χ4n) is 2.11. The summed E-state index contributed by atoms with van der Waals surface area (Å²) >= 11 is 7.47. The maximum atomic E-state index is 11.3. The second-order valence-corrected chi connectivity index (χ2v) is 5.86. The van der Waals surface area contributed by atoms with E-state index in [4.69, 9.17) is 16.3 Å². The quantitative estimate of drug-likeness (QED) is 0.932. The molecule has 2 heterocycles. The summed E-state index contributed by atoms with van der Waals surface area (Å²) in [6, 6.07) is 6.63. The van der Waals surface area contributed by atoms with E-state index in [1.54, 1.807) is 11.0 Å². The Balaban J connectivity index is 1.91. The number of benzene rings is 1. The first kappa shape index (κ1) is 14.2. The molecular formula is C13H12ClN3O3S. The predicted molar refractivity (Wildman–Crippen MR) is 79.9 cm³/mol. The molecule has 0 radical (unpaired) electrons. The number of carbonyl (C=O) groups is 1. The molecule has 0 spiro atoms. The van der Waals surface area contributed by atoms with Crippen LogP contribution in [0.2, 0.25) is 5.02 Å². The predicted octanol–water partition coefficient (Wildman–Crippen LogP) is 2.15. The summed E-state index contributed by atoms with van der Waals surface area (Å²) in [6.45, 7) is 1.11. The minimum absolute atomic E-state index is 0.149. The van der Waals surface area contributed by atoms with Gasteiger partial charge in [0.2, 0.25) is 5.13 Å². The van der Waals surface area contributed by atoms with Crippen molar-refractivity contribution in [2.24, 2.45) is 0 Å². The van der Waals surface area contributed by atoms with Crippen LogP contribution >= 0.6 is 22.9 Å². The Kier molecular flexibility index (Phi) is 4.05. The third kappa shape index (κ3) is 2.85. The highest BCUT2D eigenvalue weighted by molar-refractivity contribution is 7.18. The van der Waals surface area contributed by atoms with E-state index in [-0.39, 0.29) is 6.61 Å². The van der Waals surface area contributed by atoms with Crippen LogP contribution in [0.15, 0.2) is 24.3 Å². The van der Waals surface area contributed by atoms with Crippen LogP contribution < -0.4 is 4.90 Å². The fourth-order valence-corrected chi connectivity index (χ4v) is 3.35. The third-order valence-electron chi connectivity index (χ3n) is 3.18. The monoisotopic (exact) mass is 325 g/mol. The van der Waals surface area contributed by atoms with Crippen molar-refractivity contribution in [3.63, 3.8) is 0 Å². The van der Waals surface area contributed by atoms with Gasteiger partial charge in [-0.2, -0.15) is 0 Å². The van der Waals surface area contributed by atoms with Gasteiger partial charge in [0, 0.05) is 12.1 Å². The van der Waals surface area contributed by atoms with Gasteiger partial charge in [-0.15, -0.1) is 10.2 Å². The molecule has 1 aromatic heterocycles. The van der Waals surface area contributed by atoms with Crippen LogP contribution in [0.1, 0.15) is 0 Å². The third-order valence-corrected chi connectivity index (χ3v) is 4.50. The van der Waals surface area contributed by atoms with E-state index >= 15 is 0 Å². The molecule has 1 saturated heterocycles. The normalized spacial score (nSPS) is 18.7. The number of ether oxygens (including phenoxy) is 1. The first-order valence-electron chi connectivity index (χ1n) is 6.32. The number of carboxylic acid groups (broad SMARTS) is 1. The number of nitrogens with zero attached hydrogens (tertiary/aromatic N) is 3. The van der Waals surface area contributed by atoms with Gasteiger partial charge in [0.05, 0.1) is 18.2 Å². The largest absolute Gasteiger partial charge is 0.480 e. The summed E-state index contributed by atoms with van der Waals surface area (Å²) < 4.78 is 5.22. The Bertz CT molecular complexity index is 664. The van der Waals surface area contributed by atoms with Gasteiger partial charge in [-0.1, -0.05) is 41.1 Å². The van der Waals surface area contributed by atoms with Crippen molar-refractivity contribution in [1.29, 1.82) is 0 Å². The number of carboxylic acids is 1. The van der Waals surface area contributed by atoms with E-state index in [2.05, 4.69) is 10.2 Å². The zero-order valence-corrected chi connectivity index (χ0v) is 12.5. The summed E-state index contributed by atoms with van der Waals surface area (Å²) in [5, 5.41) is 19.3. The Morgan fingerprint density at radius 3 is 3.00 bits per heavy atom. The zero-order valence-electron chi connectivity index (χ0n) is 10.9. The fraction of sp³-hybridized carbons (Fsp3) is 0.308. The van der Waals surface area contributed by atoms with Gasteiger partial charge in [-0.3, -0.25) is 0 Å². The Morgan fingerprint density at radius 2 is 2.24 bits per heavy atom. The number of anilines is 1. The first-order valence-corrected chi connectivity index (χ1v) is 7.52. The van der Waals surface area contributed by atoms with Gasteiger partial charge in [-0.05, 0) is 6.07 Å². The number of rotatable bonds is 3. The summed E-state index contributed by atoms with van der Waals surface area (Å²) in [7, 11) is 0. The smallest absolute Gasteiger partial charge is 0.328 e. The van der Waals surface area contributed by atoms with Gasteiger partial charge in [0.1, 0.15) is 0 Å². The molecule has 0 aliphatic carbocycles. The Labute approximate surface area is 129 Å². The van der Waals surface area contributed by atoms with Gasteiger partial charge < -0.3 is 14.7 Å². The molecule has 0 bridgehead atoms. The van der Waals surface area contributed by atoms with Crippen LogP contribution in [-0.2, 0) is 9.53 Å². The van der Waals surface area contributed by atoms with E-state index < -0.39 is 12.0 Å². The molecule has 1 atom stereocenters. The highest BCUT2D eigenvalue weighted by atomic mass is 35.5. The molecule has 1 aliphatic heterocycles. The van der Waals surface area contributed by atoms with Crippen LogP contribution in [0.3, 0.4) is 0 Å². The number of morpholine rings is 1. The number of halogens is 1. The van der Waals surface area contributed by atoms with E-state index in [9.17, 15) is 9.90 Å². The van der Waals surface area contributed by atoms with Gasteiger partial charge in [-0.25, -0.2) is 4.79 Å². The summed E-state index contributed by atoms with van der Waals surface area (Å²) in [5.41, 5.74) is 0.794. The summed E-state index contributed by atoms with van der Waals surface area (Å²) in [5.74, 6) is -0.927. The highest BCUT2D eigenvalue weighted by Gasteiger charge is 2.31. The summed E-state index contributed by atoms with van der Waals surface area (Å²) in [6.07, 6.45) is 0. The second-order valence-electron chi connectivity index (χ2n) is 4.49. The van der Waals surface area contributed by atoms with Crippen molar-refractivity contribution in [2.75, 3.05) is 24.7 Å². The maximum Gasteiger partial charge on any atom is 0.328 e. The summed E-state index contributed by atoms with van der Waals surface area (Å²) in [4.78, 5) is 13.0. The van der Waals surface area contributed by atoms with Gasteiger partial charge in [0.15, 0.2) is 11.0 Å². The maximum absolute atomic E-state index is 11.3. The first-order chi connectivity index (χ1) is 10.2. The Morgan fingerprint density at radius 1 is 1.43 bits per heavy atom. The molecule has 1 N–H and O–H groups in total. The molecular weight excluding hydrogens is 314 g/mol. The van der Waals surface area contributed by atoms with Crippen molar-refractivity contribution in [2.45, 2.75) is 6.04 Å². The SMILES string of the molecule is O=C(O)C1COCCN1c1nnc(-c2ccccc2Cl)s1. The lowest BCUT2D eigenvalue weighted by Crippen LogP contribution is -2.50. The number of aliphatic carboxylic acids is 1. The lowest BCUT2D eigenvalue weighted by Gasteiger charge is -2.31. The molecule has 0 saturated carbocycles. The molecule has 2 aromatic rings. The number of aromatic nitrogens is 2. The lowest BCUT2D eigenvalue weighted by atomic mass is 10.2. The van der Waals surface area contributed by atoms with E-state index in [0.717, 1.165) is 5.56 Å². The van der Waals surface area contributed by atoms with E-state index in [0.29, 0.717) is 28.3 Å². The highest BCUT2D eigenvalue weighted by Crippen LogP contribution is 2.34. The van der Waals surface area contributed by atoms with Gasteiger partial charge >= 0.3 is 5.97 Å². The average Bonchev–Trinajstić information content (AvgIpc) is 2.97. The molecule has 110 valence electrons. The van der Waals surface area contributed by atoms with Crippen LogP contribution in [0.5, 0.6) is 0 Å². The van der Waals surface area contributed by atoms with Crippen molar-refractivity contribution < 1.29 is 14.6 Å². The lowest BCUT2D eigenvalue weighted by molar-refractivity contribution is -0.141. The number of hydrogen-bond donors (Lipinski definition) is 1. The molecule has 0 amide bonds. The van der Waals surface area contributed by atoms with Crippen LogP contribution in [0.4, 0.5) is 5.13 Å². The van der Waals surface area contributed by atoms with Crippen molar-refractivity contribution in [3.05, 3.63) is 29.3 Å². The second kappa shape index (κ2) is 5.97. The molecule has 3 rings (SSSR count). The number of hydrogen-bond acceptors (Lipinski definition) is 6. The molecule has 1 aliphatic rings. The minimum Gasteiger partial charge on any atom is -0.480 e. The molecule has 6 nitrogen and oxygen atoms in total. The standard InChI is InChI=1S/C13H12ClN3O3S/c14-9-4-2-1-3-8(9)11-15-16-13(21-11)17-5-6-20-7-10(17)12(18)19/h1-4,10H,5-7H2,(H,18,19). The van der Waals surface area contributed by atoms with Crippen molar-refractivity contribution >= 4 is 34.0 Å². The van der Waals surface area contributed by atoms with Crippen LogP contribution in [-0.4, -0.2) is 47.1 Å². The van der Waals surface area contributed by atoms with Crippen LogP contribution in [0.25, 0.3) is 10.6 Å². The molecule has 8 heteroatoms. The van der Waals surface area contributed by atoms with Crippen molar-refractivity contribution in [3.8, 4) is 10.6 Å². The molecule has 1 fully saturated rings. The molecule has 21 heavy (non-hydrogen) atoms. The van der Waals surface area contributed by atoms with E-state index in [1.807, 2.05) is 18.2 Å². The molecule has 1 aromatic carbocycles. The van der Waals surface area contributed by atoms with Gasteiger partial charge in [0.25, 0.3) is 0 Å². The van der Waals surface area contributed by atoms with Crippen LogP contribution in [0, 0.1) is 0 Å². The topological polar surface area (TPSA) is 75.6 Å². The Hall–Kier alpha value is -1.70.